The van der Waals surface area contributed by atoms with E-state index in [0.29, 0.717) is 0 Å². The van der Waals surface area contributed by atoms with E-state index in [1.54, 1.807) is 11.3 Å². The first-order valence-corrected chi connectivity index (χ1v) is 7.61. The number of hydrogen-bond donors (Lipinski definition) is 1. The van der Waals surface area contributed by atoms with Crippen LogP contribution in [0.25, 0.3) is 12.2 Å². The minimum absolute atomic E-state index is 1.08. The third-order valence-electron chi connectivity index (χ3n) is 3.34. The number of nitrogens with zero attached hydrogens (tertiary/aromatic N) is 1. The van der Waals surface area contributed by atoms with Crippen molar-refractivity contribution in [3.05, 3.63) is 46.1 Å². The van der Waals surface area contributed by atoms with Gasteiger partial charge in [0.2, 0.25) is 0 Å². The summed E-state index contributed by atoms with van der Waals surface area (Å²) in [6.45, 7) is 3.19. The van der Waals surface area contributed by atoms with Crippen molar-refractivity contribution < 1.29 is 0 Å². The molecule has 1 aliphatic heterocycles. The van der Waals surface area contributed by atoms with Crippen LogP contribution in [0.2, 0.25) is 0 Å². The zero-order valence-corrected chi connectivity index (χ0v) is 12.0. The van der Waals surface area contributed by atoms with Crippen LogP contribution in [-0.2, 0) is 6.42 Å². The van der Waals surface area contributed by atoms with Crippen LogP contribution in [0.4, 0.5) is 5.00 Å². The maximum Gasteiger partial charge on any atom is 0.118 e. The van der Waals surface area contributed by atoms with E-state index in [4.69, 9.17) is 4.98 Å². The molecule has 0 aliphatic carbocycles. The van der Waals surface area contributed by atoms with Gasteiger partial charge in [0.05, 0.1) is 5.69 Å². The van der Waals surface area contributed by atoms with Crippen LogP contribution in [0.5, 0.6) is 0 Å². The van der Waals surface area contributed by atoms with Crippen molar-refractivity contribution in [1.29, 1.82) is 0 Å². The van der Waals surface area contributed by atoms with Gasteiger partial charge in [0, 0.05) is 6.54 Å². The number of rotatable bonds is 2. The molecule has 0 bridgehead atoms. The van der Waals surface area contributed by atoms with Gasteiger partial charge in [-0.25, -0.2) is 4.98 Å². The molecule has 2 aromatic rings. The molecule has 0 spiro atoms. The van der Waals surface area contributed by atoms with Crippen molar-refractivity contribution in [1.82, 2.24) is 4.98 Å². The summed E-state index contributed by atoms with van der Waals surface area (Å²) in [4.78, 5) is 4.71. The van der Waals surface area contributed by atoms with Crippen molar-refractivity contribution in [3.63, 3.8) is 0 Å². The summed E-state index contributed by atoms with van der Waals surface area (Å²) >= 11 is 1.76. The molecule has 1 aliphatic rings. The zero-order valence-electron chi connectivity index (χ0n) is 11.1. The van der Waals surface area contributed by atoms with Gasteiger partial charge < -0.3 is 5.32 Å². The zero-order chi connectivity index (χ0) is 13.1. The van der Waals surface area contributed by atoms with Gasteiger partial charge in [-0.1, -0.05) is 47.2 Å². The summed E-state index contributed by atoms with van der Waals surface area (Å²) < 4.78 is 0. The molecule has 1 N–H and O–H groups in total. The lowest BCUT2D eigenvalue weighted by Crippen LogP contribution is -1.96. The maximum atomic E-state index is 4.71. The van der Waals surface area contributed by atoms with Gasteiger partial charge >= 0.3 is 0 Å². The van der Waals surface area contributed by atoms with Gasteiger partial charge in [0.1, 0.15) is 10.0 Å². The van der Waals surface area contributed by atoms with Crippen molar-refractivity contribution in [3.8, 4) is 0 Å². The van der Waals surface area contributed by atoms with Gasteiger partial charge in [-0.2, -0.15) is 0 Å². The highest BCUT2D eigenvalue weighted by Gasteiger charge is 2.11. The van der Waals surface area contributed by atoms with Crippen LogP contribution < -0.4 is 5.32 Å². The van der Waals surface area contributed by atoms with Gasteiger partial charge in [-0.3, -0.25) is 0 Å². The van der Waals surface area contributed by atoms with Crippen LogP contribution in [0.3, 0.4) is 0 Å². The number of anilines is 1. The average Bonchev–Trinajstić information content (AvgIpc) is 2.68. The molecule has 3 heteroatoms. The van der Waals surface area contributed by atoms with Gasteiger partial charge in [-0.05, 0) is 37.8 Å². The molecule has 1 aromatic carbocycles. The molecule has 98 valence electrons. The molecule has 0 saturated heterocycles. The number of fused-ring (bicyclic) bond motifs is 1. The molecule has 1 aromatic heterocycles. The Labute approximate surface area is 118 Å². The molecule has 2 nitrogen and oxygen atoms in total. The fraction of sp³-hybridized carbons (Fsp3) is 0.312. The Morgan fingerprint density at radius 1 is 1.16 bits per heavy atom. The highest BCUT2D eigenvalue weighted by atomic mass is 32.1. The highest BCUT2D eigenvalue weighted by molar-refractivity contribution is 7.16. The second kappa shape index (κ2) is 5.57. The molecule has 0 fully saturated rings. The van der Waals surface area contributed by atoms with Gasteiger partial charge in [0.25, 0.3) is 0 Å². The average molecular weight is 270 g/mol. The van der Waals surface area contributed by atoms with Crippen molar-refractivity contribution >= 4 is 28.5 Å². The second-order valence-electron chi connectivity index (χ2n) is 4.96. The molecule has 0 radical (unpaired) electrons. The SMILES string of the molecule is Cc1ccc(C=Cc2nc3c(s2)NCCCC3)cc1. The Kier molecular flexibility index (Phi) is 3.65. The summed E-state index contributed by atoms with van der Waals surface area (Å²) in [6.07, 6.45) is 7.85. The standard InChI is InChI=1S/C16H18N2S/c1-12-5-7-13(8-6-12)9-10-15-18-14-4-2-3-11-17-16(14)19-15/h5-10,17H,2-4,11H2,1H3. The number of nitrogens with one attached hydrogen (secondary N) is 1. The molecular weight excluding hydrogens is 252 g/mol. The number of aromatic nitrogens is 1. The Morgan fingerprint density at radius 2 is 2.00 bits per heavy atom. The Balaban J connectivity index is 1.78. The third-order valence-corrected chi connectivity index (χ3v) is 4.36. The summed E-state index contributed by atoms with van der Waals surface area (Å²) in [5.41, 5.74) is 3.76. The Hall–Kier alpha value is -1.61. The topological polar surface area (TPSA) is 24.9 Å². The first-order chi connectivity index (χ1) is 9.31. The van der Waals surface area contributed by atoms with Crippen molar-refractivity contribution in [2.45, 2.75) is 26.2 Å². The van der Waals surface area contributed by atoms with Crippen molar-refractivity contribution in [2.75, 3.05) is 11.9 Å². The lowest BCUT2D eigenvalue weighted by molar-refractivity contribution is 0.774. The van der Waals surface area contributed by atoms with E-state index in [9.17, 15) is 0 Å². The highest BCUT2D eigenvalue weighted by Crippen LogP contribution is 2.29. The minimum atomic E-state index is 1.08. The predicted molar refractivity (Wildman–Crippen MR) is 83.6 cm³/mol. The van der Waals surface area contributed by atoms with Gasteiger partial charge in [0.15, 0.2) is 0 Å². The first-order valence-electron chi connectivity index (χ1n) is 6.79. The number of aryl methyl sites for hydroxylation is 2. The van der Waals surface area contributed by atoms with E-state index in [2.05, 4.69) is 48.7 Å². The lowest BCUT2D eigenvalue weighted by Gasteiger charge is -1.96. The minimum Gasteiger partial charge on any atom is -0.375 e. The smallest absolute Gasteiger partial charge is 0.118 e. The normalized spacial score (nSPS) is 15.0. The van der Waals surface area contributed by atoms with Crippen LogP contribution in [0.15, 0.2) is 24.3 Å². The molecule has 3 rings (SSSR count). The fourth-order valence-corrected chi connectivity index (χ4v) is 3.15. The van der Waals surface area contributed by atoms with Crippen LogP contribution in [0, 0.1) is 6.92 Å². The summed E-state index contributed by atoms with van der Waals surface area (Å²) in [6, 6.07) is 8.56. The largest absolute Gasteiger partial charge is 0.375 e. The Morgan fingerprint density at radius 3 is 2.84 bits per heavy atom. The van der Waals surface area contributed by atoms with E-state index in [1.165, 1.54) is 34.7 Å². The van der Waals surface area contributed by atoms with Gasteiger partial charge in [-0.15, -0.1) is 0 Å². The molecule has 0 amide bonds. The monoisotopic (exact) mass is 270 g/mol. The molecule has 19 heavy (non-hydrogen) atoms. The van der Waals surface area contributed by atoms with E-state index >= 15 is 0 Å². The summed E-state index contributed by atoms with van der Waals surface area (Å²) in [7, 11) is 0. The molecule has 0 atom stereocenters. The second-order valence-corrected chi connectivity index (χ2v) is 5.99. The lowest BCUT2D eigenvalue weighted by atomic mass is 10.1. The number of hydrogen-bond acceptors (Lipinski definition) is 3. The third kappa shape index (κ3) is 3.04. The summed E-state index contributed by atoms with van der Waals surface area (Å²) in [5, 5.41) is 5.84. The van der Waals surface area contributed by atoms with E-state index in [-0.39, 0.29) is 0 Å². The molecular formula is C16H18N2S. The van der Waals surface area contributed by atoms with E-state index < -0.39 is 0 Å². The summed E-state index contributed by atoms with van der Waals surface area (Å²) in [5.74, 6) is 0. The number of thiazole rings is 1. The first kappa shape index (κ1) is 12.4. The van der Waals surface area contributed by atoms with Crippen molar-refractivity contribution in [2.24, 2.45) is 0 Å². The Bertz CT molecular complexity index is 558. The molecule has 2 heterocycles. The van der Waals surface area contributed by atoms with Crippen LogP contribution in [-0.4, -0.2) is 11.5 Å². The molecule has 0 unspecified atom stereocenters. The fourth-order valence-electron chi connectivity index (χ4n) is 2.21. The molecule has 0 saturated carbocycles. The van der Waals surface area contributed by atoms with E-state index in [1.807, 2.05) is 0 Å². The van der Waals surface area contributed by atoms with Crippen LogP contribution >= 0.6 is 11.3 Å². The quantitative estimate of drug-likeness (QED) is 0.876. The van der Waals surface area contributed by atoms with Crippen LogP contribution in [0.1, 0.15) is 34.7 Å². The van der Waals surface area contributed by atoms with E-state index in [0.717, 1.165) is 18.0 Å². The predicted octanol–water partition coefficient (Wildman–Crippen LogP) is 4.37. The maximum absolute atomic E-state index is 4.71. The number of benzene rings is 1.